The van der Waals surface area contributed by atoms with Gasteiger partial charge in [0.1, 0.15) is 12.0 Å². The number of carbonyl (C=O) groups is 1. The number of carbonyl (C=O) groups excluding carboxylic acids is 1. The molecular weight excluding hydrogens is 134 g/mol. The Morgan fingerprint density at radius 3 is 2.90 bits per heavy atom. The van der Waals surface area contributed by atoms with Crippen LogP contribution >= 0.6 is 0 Å². The lowest BCUT2D eigenvalue weighted by Crippen LogP contribution is -1.96. The maximum Gasteiger partial charge on any atom is 0.335 e. The summed E-state index contributed by atoms with van der Waals surface area (Å²) in [5, 5.41) is 2.18. The highest BCUT2D eigenvalue weighted by Gasteiger charge is 2.03. The van der Waals surface area contributed by atoms with Crippen molar-refractivity contribution in [2.24, 2.45) is 5.18 Å². The molecule has 0 radical (unpaired) electrons. The lowest BCUT2D eigenvalue weighted by molar-refractivity contribution is 0.0996. The summed E-state index contributed by atoms with van der Waals surface area (Å²) in [5.74, 6) is -0.873. The number of amides is 1. The highest BCUT2D eigenvalue weighted by atomic mass is 16.3. The van der Waals surface area contributed by atoms with E-state index in [4.69, 9.17) is 0 Å². The van der Waals surface area contributed by atoms with Crippen LogP contribution in [0.15, 0.2) is 23.8 Å². The van der Waals surface area contributed by atoms with Crippen molar-refractivity contribution in [2.45, 2.75) is 0 Å². The fraction of sp³-hybridized carbons (Fsp3) is 0. The first-order valence-electron chi connectivity index (χ1n) is 2.48. The van der Waals surface area contributed by atoms with Gasteiger partial charge in [-0.1, -0.05) is 0 Å². The molecule has 1 amide bonds. The summed E-state index contributed by atoms with van der Waals surface area (Å²) in [5.41, 5.74) is 0.0185. The fourth-order valence-corrected chi connectivity index (χ4v) is 0.464. The molecule has 5 nitrogen and oxygen atoms in total. The largest absolute Gasteiger partial charge is 0.335 e. The first-order chi connectivity index (χ1) is 4.84. The zero-order chi connectivity index (χ0) is 7.40. The normalized spacial score (nSPS) is 8.80. The van der Waals surface area contributed by atoms with Gasteiger partial charge in [-0.3, -0.25) is 4.79 Å². The first-order valence-corrected chi connectivity index (χ1v) is 2.48. The maximum absolute atomic E-state index is 10.4. The van der Waals surface area contributed by atoms with Gasteiger partial charge in [-0.05, 0) is 6.07 Å². The number of nitroso groups, excluding NO2 is 1. The van der Waals surface area contributed by atoms with Gasteiger partial charge in [-0.2, -0.15) is 0 Å². The van der Waals surface area contributed by atoms with Gasteiger partial charge < -0.3 is 0 Å². The van der Waals surface area contributed by atoms with Gasteiger partial charge in [-0.25, -0.2) is 9.97 Å². The molecular formula is C5H3N3O2. The van der Waals surface area contributed by atoms with Crippen molar-refractivity contribution in [3.8, 4) is 0 Å². The maximum atomic E-state index is 10.4. The van der Waals surface area contributed by atoms with Crippen LogP contribution in [0.2, 0.25) is 0 Å². The Labute approximate surface area is 56.1 Å². The summed E-state index contributed by atoms with van der Waals surface area (Å²) in [6.07, 6.45) is 2.55. The SMILES string of the molecule is O=NC(=O)c1ccncn1. The summed E-state index contributed by atoms with van der Waals surface area (Å²) < 4.78 is 0. The van der Waals surface area contributed by atoms with Crippen LogP contribution in [0, 0.1) is 4.91 Å². The molecule has 0 spiro atoms. The van der Waals surface area contributed by atoms with Crippen LogP contribution < -0.4 is 0 Å². The van der Waals surface area contributed by atoms with Crippen molar-refractivity contribution >= 4 is 5.91 Å². The van der Waals surface area contributed by atoms with Crippen molar-refractivity contribution < 1.29 is 4.79 Å². The average molecular weight is 137 g/mol. The third-order valence-corrected chi connectivity index (χ3v) is 0.884. The Balaban J connectivity index is 2.95. The first kappa shape index (κ1) is 6.47. The lowest BCUT2D eigenvalue weighted by Gasteiger charge is -1.85. The molecule has 0 saturated heterocycles. The topological polar surface area (TPSA) is 72.3 Å². The molecule has 0 aromatic carbocycles. The van der Waals surface area contributed by atoms with Crippen molar-refractivity contribution in [3.63, 3.8) is 0 Å². The van der Waals surface area contributed by atoms with Gasteiger partial charge in [0.05, 0.1) is 0 Å². The van der Waals surface area contributed by atoms with E-state index < -0.39 is 5.91 Å². The summed E-state index contributed by atoms with van der Waals surface area (Å²) in [4.78, 5) is 27.1. The Kier molecular flexibility index (Phi) is 1.79. The molecule has 50 valence electrons. The zero-order valence-electron chi connectivity index (χ0n) is 4.89. The molecule has 0 bridgehead atoms. The molecule has 1 rings (SSSR count). The molecule has 0 saturated carbocycles. The summed E-state index contributed by atoms with van der Waals surface area (Å²) >= 11 is 0. The van der Waals surface area contributed by atoms with E-state index in [1.165, 1.54) is 18.6 Å². The predicted molar refractivity (Wildman–Crippen MR) is 32.2 cm³/mol. The monoisotopic (exact) mass is 137 g/mol. The second-order valence-corrected chi connectivity index (χ2v) is 1.49. The van der Waals surface area contributed by atoms with Crippen LogP contribution in [-0.4, -0.2) is 15.9 Å². The number of rotatable bonds is 1. The molecule has 0 aliphatic carbocycles. The van der Waals surface area contributed by atoms with Crippen LogP contribution in [0.5, 0.6) is 0 Å². The van der Waals surface area contributed by atoms with Crippen molar-refractivity contribution in [1.29, 1.82) is 0 Å². The van der Waals surface area contributed by atoms with E-state index in [1.54, 1.807) is 0 Å². The quantitative estimate of drug-likeness (QED) is 0.524. The van der Waals surface area contributed by atoms with E-state index in [1.807, 2.05) is 0 Å². The summed E-state index contributed by atoms with van der Waals surface area (Å²) in [6.45, 7) is 0. The van der Waals surface area contributed by atoms with Gasteiger partial charge in [0.2, 0.25) is 0 Å². The second kappa shape index (κ2) is 2.77. The van der Waals surface area contributed by atoms with E-state index in [0.717, 1.165) is 0 Å². The molecule has 0 atom stereocenters. The fourth-order valence-electron chi connectivity index (χ4n) is 0.464. The van der Waals surface area contributed by atoms with Crippen LogP contribution in [-0.2, 0) is 0 Å². The van der Waals surface area contributed by atoms with Gasteiger partial charge in [-0.15, -0.1) is 4.91 Å². The Morgan fingerprint density at radius 1 is 1.60 bits per heavy atom. The minimum Gasteiger partial charge on any atom is -0.261 e. The standard InChI is InChI=1S/C5H3N3O2/c9-5(8-10)4-1-2-6-3-7-4/h1-3H. The second-order valence-electron chi connectivity index (χ2n) is 1.49. The van der Waals surface area contributed by atoms with Gasteiger partial charge in [0, 0.05) is 11.4 Å². The Hall–Kier alpha value is -1.65. The third kappa shape index (κ3) is 1.19. The number of hydrogen-bond acceptors (Lipinski definition) is 4. The smallest absolute Gasteiger partial charge is 0.261 e. The molecule has 1 aromatic rings. The highest BCUT2D eigenvalue weighted by molar-refractivity contribution is 5.92. The molecule has 0 N–H and O–H groups in total. The van der Waals surface area contributed by atoms with E-state index >= 15 is 0 Å². The Morgan fingerprint density at radius 2 is 2.40 bits per heavy atom. The van der Waals surface area contributed by atoms with Crippen LogP contribution in [0.4, 0.5) is 0 Å². The lowest BCUT2D eigenvalue weighted by atomic mass is 10.4. The number of nitrogens with zero attached hydrogens (tertiary/aromatic N) is 3. The van der Waals surface area contributed by atoms with Crippen LogP contribution in [0.25, 0.3) is 0 Å². The molecule has 1 heterocycles. The average Bonchev–Trinajstić information content (AvgIpc) is 2.05. The number of hydrogen-bond donors (Lipinski definition) is 0. The van der Waals surface area contributed by atoms with E-state index in [9.17, 15) is 9.70 Å². The minimum atomic E-state index is -0.873. The predicted octanol–water partition coefficient (Wildman–Crippen LogP) is 0.383. The zero-order valence-corrected chi connectivity index (χ0v) is 4.89. The molecule has 5 heteroatoms. The minimum absolute atomic E-state index is 0.0185. The van der Waals surface area contributed by atoms with E-state index in [-0.39, 0.29) is 5.69 Å². The van der Waals surface area contributed by atoms with Crippen molar-refractivity contribution in [1.82, 2.24) is 9.97 Å². The van der Waals surface area contributed by atoms with Gasteiger partial charge in [0.15, 0.2) is 0 Å². The van der Waals surface area contributed by atoms with Gasteiger partial charge in [0.25, 0.3) is 0 Å². The van der Waals surface area contributed by atoms with E-state index in [2.05, 4.69) is 15.1 Å². The Bertz CT molecular complexity index is 246. The molecule has 0 aliphatic rings. The summed E-state index contributed by atoms with van der Waals surface area (Å²) in [6, 6.07) is 1.32. The van der Waals surface area contributed by atoms with Crippen molar-refractivity contribution in [3.05, 3.63) is 29.2 Å². The third-order valence-electron chi connectivity index (χ3n) is 0.884. The number of aromatic nitrogens is 2. The van der Waals surface area contributed by atoms with Gasteiger partial charge >= 0.3 is 5.91 Å². The molecule has 0 fully saturated rings. The van der Waals surface area contributed by atoms with Crippen molar-refractivity contribution in [2.75, 3.05) is 0 Å². The highest BCUT2D eigenvalue weighted by Crippen LogP contribution is 1.92. The molecule has 1 aromatic heterocycles. The van der Waals surface area contributed by atoms with Crippen LogP contribution in [0.3, 0.4) is 0 Å². The molecule has 10 heavy (non-hydrogen) atoms. The van der Waals surface area contributed by atoms with E-state index in [0.29, 0.717) is 0 Å². The molecule has 0 unspecified atom stereocenters. The van der Waals surface area contributed by atoms with Crippen LogP contribution in [0.1, 0.15) is 10.5 Å². The summed E-state index contributed by atoms with van der Waals surface area (Å²) in [7, 11) is 0. The molecule has 0 aliphatic heterocycles.